The minimum Gasteiger partial charge on any atom is -0.323 e. The van der Waals surface area contributed by atoms with Crippen LogP contribution in [0.4, 0.5) is 4.39 Å². The fraction of sp³-hybridized carbons (Fsp3) is 0.500. The molecule has 0 saturated carbocycles. The molecule has 0 aliphatic rings. The van der Waals surface area contributed by atoms with E-state index < -0.39 is 0 Å². The summed E-state index contributed by atoms with van der Waals surface area (Å²) >= 11 is 0. The van der Waals surface area contributed by atoms with E-state index in [1.807, 2.05) is 0 Å². The lowest BCUT2D eigenvalue weighted by atomic mass is 10.1. The number of unbranched alkanes of at least 4 members (excludes halogenated alkanes) is 1. The second-order valence-corrected chi connectivity index (χ2v) is 3.15. The molecular formula is C10H15FN2. The lowest BCUT2D eigenvalue weighted by Gasteiger charge is -2.09. The molecule has 1 aromatic heterocycles. The van der Waals surface area contributed by atoms with Gasteiger partial charge in [0.15, 0.2) is 0 Å². The topological polar surface area (TPSA) is 38.9 Å². The summed E-state index contributed by atoms with van der Waals surface area (Å²) in [5.41, 5.74) is 6.62. The first-order valence-corrected chi connectivity index (χ1v) is 4.61. The first kappa shape index (κ1) is 10.1. The number of pyridine rings is 1. The van der Waals surface area contributed by atoms with Crippen molar-refractivity contribution in [2.45, 2.75) is 32.2 Å². The maximum atomic E-state index is 12.5. The molecule has 0 fully saturated rings. The normalized spacial score (nSPS) is 12.8. The molecule has 3 heteroatoms. The van der Waals surface area contributed by atoms with Gasteiger partial charge in [0.2, 0.25) is 0 Å². The fourth-order valence-corrected chi connectivity index (χ4v) is 1.18. The van der Waals surface area contributed by atoms with Gasteiger partial charge >= 0.3 is 0 Å². The number of aromatic nitrogens is 1. The van der Waals surface area contributed by atoms with Crippen molar-refractivity contribution < 1.29 is 4.39 Å². The first-order valence-electron chi connectivity index (χ1n) is 4.61. The molecule has 72 valence electrons. The standard InChI is InChI=1S/C10H15FN2/c1-2-3-4-9(12)10-6-5-8(11)7-13-10/h5-7,9H,2-4,12H2,1H3/t9-/m1/s1. The molecule has 13 heavy (non-hydrogen) atoms. The third-order valence-electron chi connectivity index (χ3n) is 2.00. The zero-order valence-electron chi connectivity index (χ0n) is 7.83. The Morgan fingerprint density at radius 2 is 2.31 bits per heavy atom. The predicted octanol–water partition coefficient (Wildman–Crippen LogP) is 2.41. The fourth-order valence-electron chi connectivity index (χ4n) is 1.18. The molecule has 1 heterocycles. The van der Waals surface area contributed by atoms with Crippen molar-refractivity contribution in [2.75, 3.05) is 0 Å². The van der Waals surface area contributed by atoms with E-state index in [-0.39, 0.29) is 11.9 Å². The summed E-state index contributed by atoms with van der Waals surface area (Å²) in [5.74, 6) is -0.313. The van der Waals surface area contributed by atoms with Crippen LogP contribution in [0, 0.1) is 5.82 Å². The molecular weight excluding hydrogens is 167 g/mol. The Morgan fingerprint density at radius 3 is 2.85 bits per heavy atom. The molecule has 0 saturated heterocycles. The number of rotatable bonds is 4. The van der Waals surface area contributed by atoms with Gasteiger partial charge in [-0.1, -0.05) is 19.8 Å². The predicted molar refractivity (Wildman–Crippen MR) is 50.6 cm³/mol. The largest absolute Gasteiger partial charge is 0.323 e. The van der Waals surface area contributed by atoms with E-state index in [0.717, 1.165) is 25.0 Å². The van der Waals surface area contributed by atoms with Crippen molar-refractivity contribution in [1.29, 1.82) is 0 Å². The van der Waals surface area contributed by atoms with E-state index in [9.17, 15) is 4.39 Å². The molecule has 0 bridgehead atoms. The average Bonchev–Trinajstić information content (AvgIpc) is 2.15. The van der Waals surface area contributed by atoms with Gasteiger partial charge in [-0.3, -0.25) is 4.98 Å². The Hall–Kier alpha value is -0.960. The molecule has 2 N–H and O–H groups in total. The highest BCUT2D eigenvalue weighted by Crippen LogP contribution is 2.14. The van der Waals surface area contributed by atoms with Crippen LogP contribution in [0.3, 0.4) is 0 Å². The number of nitrogens with zero attached hydrogens (tertiary/aromatic N) is 1. The Bertz CT molecular complexity index is 246. The molecule has 0 radical (unpaired) electrons. The molecule has 1 aromatic rings. The van der Waals surface area contributed by atoms with E-state index in [1.165, 1.54) is 12.3 Å². The van der Waals surface area contributed by atoms with Gasteiger partial charge in [0.25, 0.3) is 0 Å². The second-order valence-electron chi connectivity index (χ2n) is 3.15. The number of hydrogen-bond donors (Lipinski definition) is 1. The monoisotopic (exact) mass is 182 g/mol. The van der Waals surface area contributed by atoms with Gasteiger partial charge in [0.1, 0.15) is 5.82 Å². The van der Waals surface area contributed by atoms with E-state index in [4.69, 9.17) is 5.73 Å². The van der Waals surface area contributed by atoms with Crippen LogP contribution in [0.15, 0.2) is 18.3 Å². The Kier molecular flexibility index (Phi) is 3.83. The van der Waals surface area contributed by atoms with Crippen molar-refractivity contribution in [3.05, 3.63) is 29.8 Å². The molecule has 0 unspecified atom stereocenters. The number of nitrogens with two attached hydrogens (primary N) is 1. The summed E-state index contributed by atoms with van der Waals surface area (Å²) < 4.78 is 12.5. The maximum absolute atomic E-state index is 12.5. The van der Waals surface area contributed by atoms with Crippen molar-refractivity contribution in [3.63, 3.8) is 0 Å². The van der Waals surface area contributed by atoms with Crippen LogP contribution in [0.2, 0.25) is 0 Å². The maximum Gasteiger partial charge on any atom is 0.141 e. The van der Waals surface area contributed by atoms with Crippen LogP contribution in [0.25, 0.3) is 0 Å². The Labute approximate surface area is 78.0 Å². The summed E-state index contributed by atoms with van der Waals surface area (Å²) in [5, 5.41) is 0. The molecule has 1 rings (SSSR count). The molecule has 2 nitrogen and oxygen atoms in total. The SMILES string of the molecule is CCCC[C@@H](N)c1ccc(F)cn1. The van der Waals surface area contributed by atoms with Crippen LogP contribution < -0.4 is 5.73 Å². The van der Waals surface area contributed by atoms with Crippen molar-refractivity contribution in [3.8, 4) is 0 Å². The molecule has 0 aromatic carbocycles. The Balaban J connectivity index is 2.55. The van der Waals surface area contributed by atoms with Gasteiger partial charge in [0, 0.05) is 6.04 Å². The van der Waals surface area contributed by atoms with Gasteiger partial charge in [-0.05, 0) is 18.6 Å². The first-order chi connectivity index (χ1) is 6.24. The number of hydrogen-bond acceptors (Lipinski definition) is 2. The third-order valence-corrected chi connectivity index (χ3v) is 2.00. The van der Waals surface area contributed by atoms with Gasteiger partial charge < -0.3 is 5.73 Å². The van der Waals surface area contributed by atoms with E-state index >= 15 is 0 Å². The molecule has 0 amide bonds. The average molecular weight is 182 g/mol. The molecule has 1 atom stereocenters. The third kappa shape index (κ3) is 3.11. The molecule has 0 spiro atoms. The molecule has 0 aliphatic heterocycles. The zero-order valence-corrected chi connectivity index (χ0v) is 7.83. The van der Waals surface area contributed by atoms with Crippen molar-refractivity contribution in [2.24, 2.45) is 5.73 Å². The van der Waals surface area contributed by atoms with Crippen molar-refractivity contribution in [1.82, 2.24) is 4.98 Å². The summed E-state index contributed by atoms with van der Waals surface area (Å²) in [6.07, 6.45) is 4.32. The van der Waals surface area contributed by atoms with Crippen LogP contribution >= 0.6 is 0 Å². The van der Waals surface area contributed by atoms with Gasteiger partial charge in [-0.15, -0.1) is 0 Å². The summed E-state index contributed by atoms with van der Waals surface area (Å²) in [7, 11) is 0. The van der Waals surface area contributed by atoms with Crippen LogP contribution in [0.5, 0.6) is 0 Å². The van der Waals surface area contributed by atoms with Gasteiger partial charge in [-0.2, -0.15) is 0 Å². The lowest BCUT2D eigenvalue weighted by molar-refractivity contribution is 0.579. The van der Waals surface area contributed by atoms with E-state index in [1.54, 1.807) is 6.07 Å². The lowest BCUT2D eigenvalue weighted by Crippen LogP contribution is -2.11. The van der Waals surface area contributed by atoms with E-state index in [2.05, 4.69) is 11.9 Å². The number of halogens is 1. The minimum atomic E-state index is -0.313. The highest BCUT2D eigenvalue weighted by Gasteiger charge is 2.05. The summed E-state index contributed by atoms with van der Waals surface area (Å²) in [6.45, 7) is 2.12. The quantitative estimate of drug-likeness (QED) is 0.776. The smallest absolute Gasteiger partial charge is 0.141 e. The highest BCUT2D eigenvalue weighted by atomic mass is 19.1. The summed E-state index contributed by atoms with van der Waals surface area (Å²) in [4.78, 5) is 3.93. The van der Waals surface area contributed by atoms with Crippen LogP contribution in [0.1, 0.15) is 37.9 Å². The Morgan fingerprint density at radius 1 is 1.54 bits per heavy atom. The van der Waals surface area contributed by atoms with Crippen LogP contribution in [-0.4, -0.2) is 4.98 Å². The van der Waals surface area contributed by atoms with Gasteiger partial charge in [-0.25, -0.2) is 4.39 Å². The summed E-state index contributed by atoms with van der Waals surface area (Å²) in [6, 6.07) is 2.99. The van der Waals surface area contributed by atoms with E-state index in [0.29, 0.717) is 0 Å². The van der Waals surface area contributed by atoms with Crippen molar-refractivity contribution >= 4 is 0 Å². The molecule has 0 aliphatic carbocycles. The highest BCUT2D eigenvalue weighted by molar-refractivity contribution is 5.08. The second kappa shape index (κ2) is 4.92. The van der Waals surface area contributed by atoms with Crippen LogP contribution in [-0.2, 0) is 0 Å². The zero-order chi connectivity index (χ0) is 9.68. The van der Waals surface area contributed by atoms with Gasteiger partial charge in [0.05, 0.1) is 11.9 Å². The minimum absolute atomic E-state index is 0.0550.